The fraction of sp³-hybridized carbons (Fsp3) is 0.538. The molecular formula is C13H22N2. The molecule has 0 aliphatic carbocycles. The van der Waals surface area contributed by atoms with E-state index >= 15 is 0 Å². The lowest BCUT2D eigenvalue weighted by Crippen LogP contribution is -2.28. The van der Waals surface area contributed by atoms with Crippen LogP contribution in [0.2, 0.25) is 0 Å². The van der Waals surface area contributed by atoms with Crippen molar-refractivity contribution in [3.63, 3.8) is 0 Å². The zero-order chi connectivity index (χ0) is 11.1. The summed E-state index contributed by atoms with van der Waals surface area (Å²) in [5.41, 5.74) is 8.20. The van der Waals surface area contributed by atoms with Gasteiger partial charge in [0.15, 0.2) is 0 Å². The van der Waals surface area contributed by atoms with E-state index in [0.717, 1.165) is 6.42 Å². The SMILES string of the molecule is CCCCC(CN)Nc1cccc(C)c1. The summed E-state index contributed by atoms with van der Waals surface area (Å²) in [5.74, 6) is 0. The van der Waals surface area contributed by atoms with Crippen molar-refractivity contribution in [1.29, 1.82) is 0 Å². The molecule has 1 aromatic rings. The third-order valence-corrected chi connectivity index (χ3v) is 2.58. The summed E-state index contributed by atoms with van der Waals surface area (Å²) in [6.07, 6.45) is 3.62. The van der Waals surface area contributed by atoms with Gasteiger partial charge in [-0.05, 0) is 31.0 Å². The minimum atomic E-state index is 0.409. The van der Waals surface area contributed by atoms with Crippen LogP contribution in [-0.2, 0) is 0 Å². The average Bonchev–Trinajstić information content (AvgIpc) is 2.24. The van der Waals surface area contributed by atoms with Crippen LogP contribution in [0.15, 0.2) is 24.3 Å². The highest BCUT2D eigenvalue weighted by Crippen LogP contribution is 2.12. The second-order valence-corrected chi connectivity index (χ2v) is 4.09. The first-order valence-corrected chi connectivity index (χ1v) is 5.79. The van der Waals surface area contributed by atoms with Gasteiger partial charge in [0.25, 0.3) is 0 Å². The van der Waals surface area contributed by atoms with E-state index in [1.807, 2.05) is 0 Å². The minimum absolute atomic E-state index is 0.409. The molecule has 1 rings (SSSR count). The van der Waals surface area contributed by atoms with E-state index < -0.39 is 0 Å². The van der Waals surface area contributed by atoms with Gasteiger partial charge in [-0.1, -0.05) is 31.9 Å². The highest BCUT2D eigenvalue weighted by atomic mass is 14.9. The Morgan fingerprint density at radius 2 is 2.20 bits per heavy atom. The van der Waals surface area contributed by atoms with Crippen molar-refractivity contribution in [3.05, 3.63) is 29.8 Å². The van der Waals surface area contributed by atoms with Gasteiger partial charge in [-0.2, -0.15) is 0 Å². The van der Waals surface area contributed by atoms with E-state index in [-0.39, 0.29) is 0 Å². The Hall–Kier alpha value is -1.02. The van der Waals surface area contributed by atoms with Crippen LogP contribution in [-0.4, -0.2) is 12.6 Å². The van der Waals surface area contributed by atoms with Crippen LogP contribution in [0.4, 0.5) is 5.69 Å². The summed E-state index contributed by atoms with van der Waals surface area (Å²) in [7, 11) is 0. The molecule has 0 aliphatic heterocycles. The third kappa shape index (κ3) is 4.34. The monoisotopic (exact) mass is 206 g/mol. The molecule has 0 amide bonds. The van der Waals surface area contributed by atoms with Crippen molar-refractivity contribution < 1.29 is 0 Å². The van der Waals surface area contributed by atoms with Gasteiger partial charge in [-0.25, -0.2) is 0 Å². The topological polar surface area (TPSA) is 38.0 Å². The maximum atomic E-state index is 5.74. The van der Waals surface area contributed by atoms with Gasteiger partial charge in [-0.3, -0.25) is 0 Å². The fourth-order valence-corrected chi connectivity index (χ4v) is 1.67. The number of benzene rings is 1. The lowest BCUT2D eigenvalue weighted by molar-refractivity contribution is 0.614. The van der Waals surface area contributed by atoms with Crippen molar-refractivity contribution in [2.24, 2.45) is 5.73 Å². The van der Waals surface area contributed by atoms with Crippen molar-refractivity contribution in [1.82, 2.24) is 0 Å². The Bertz CT molecular complexity index is 284. The molecule has 3 N–H and O–H groups in total. The first kappa shape index (κ1) is 12.1. The van der Waals surface area contributed by atoms with Gasteiger partial charge in [0, 0.05) is 18.3 Å². The molecule has 0 aromatic heterocycles. The summed E-state index contributed by atoms with van der Waals surface area (Å²) in [4.78, 5) is 0. The lowest BCUT2D eigenvalue weighted by atomic mass is 10.1. The maximum Gasteiger partial charge on any atom is 0.0383 e. The first-order chi connectivity index (χ1) is 7.26. The Kier molecular flexibility index (Phi) is 5.19. The summed E-state index contributed by atoms with van der Waals surface area (Å²) < 4.78 is 0. The molecule has 84 valence electrons. The average molecular weight is 206 g/mol. The zero-order valence-electron chi connectivity index (χ0n) is 9.79. The van der Waals surface area contributed by atoms with E-state index in [1.165, 1.54) is 24.1 Å². The summed E-state index contributed by atoms with van der Waals surface area (Å²) in [5, 5.41) is 3.48. The second kappa shape index (κ2) is 6.46. The molecule has 0 radical (unpaired) electrons. The number of rotatable bonds is 6. The molecule has 0 saturated carbocycles. The van der Waals surface area contributed by atoms with Gasteiger partial charge in [0.1, 0.15) is 0 Å². The Labute approximate surface area is 92.9 Å². The van der Waals surface area contributed by atoms with Gasteiger partial charge < -0.3 is 11.1 Å². The molecule has 1 atom stereocenters. The molecule has 0 bridgehead atoms. The number of hydrogen-bond acceptors (Lipinski definition) is 2. The van der Waals surface area contributed by atoms with E-state index in [2.05, 4.69) is 43.4 Å². The van der Waals surface area contributed by atoms with Crippen LogP contribution < -0.4 is 11.1 Å². The Morgan fingerprint density at radius 1 is 1.40 bits per heavy atom. The molecule has 1 unspecified atom stereocenters. The van der Waals surface area contributed by atoms with Crippen LogP contribution in [0.5, 0.6) is 0 Å². The number of nitrogens with two attached hydrogens (primary N) is 1. The number of unbranched alkanes of at least 4 members (excludes halogenated alkanes) is 1. The van der Waals surface area contributed by atoms with Crippen LogP contribution in [0, 0.1) is 6.92 Å². The van der Waals surface area contributed by atoms with E-state index in [9.17, 15) is 0 Å². The highest BCUT2D eigenvalue weighted by molar-refractivity contribution is 5.46. The molecule has 0 saturated heterocycles. The predicted molar refractivity (Wildman–Crippen MR) is 67.2 cm³/mol. The molecule has 0 spiro atoms. The Balaban J connectivity index is 2.50. The van der Waals surface area contributed by atoms with Crippen molar-refractivity contribution in [2.45, 2.75) is 39.2 Å². The van der Waals surface area contributed by atoms with Crippen molar-refractivity contribution >= 4 is 5.69 Å². The molecule has 1 aromatic carbocycles. The summed E-state index contributed by atoms with van der Waals surface area (Å²) >= 11 is 0. The predicted octanol–water partition coefficient (Wildman–Crippen LogP) is 2.92. The van der Waals surface area contributed by atoms with Gasteiger partial charge in [-0.15, -0.1) is 0 Å². The largest absolute Gasteiger partial charge is 0.381 e. The zero-order valence-corrected chi connectivity index (χ0v) is 9.79. The highest BCUT2D eigenvalue weighted by Gasteiger charge is 2.05. The summed E-state index contributed by atoms with van der Waals surface area (Å²) in [6.45, 7) is 5.02. The minimum Gasteiger partial charge on any atom is -0.381 e. The molecule has 2 nitrogen and oxygen atoms in total. The molecule has 2 heteroatoms. The Morgan fingerprint density at radius 3 is 2.80 bits per heavy atom. The number of anilines is 1. The first-order valence-electron chi connectivity index (χ1n) is 5.79. The molecular weight excluding hydrogens is 184 g/mol. The van der Waals surface area contributed by atoms with Gasteiger partial charge in [0.05, 0.1) is 0 Å². The standard InChI is InChI=1S/C13H22N2/c1-3-4-7-13(10-14)15-12-8-5-6-11(2)9-12/h5-6,8-9,13,15H,3-4,7,10,14H2,1-2H3. The van der Waals surface area contributed by atoms with Crippen molar-refractivity contribution in [3.8, 4) is 0 Å². The molecule has 15 heavy (non-hydrogen) atoms. The quantitative estimate of drug-likeness (QED) is 0.751. The number of hydrogen-bond donors (Lipinski definition) is 2. The fourth-order valence-electron chi connectivity index (χ4n) is 1.67. The smallest absolute Gasteiger partial charge is 0.0383 e. The van der Waals surface area contributed by atoms with Crippen LogP contribution >= 0.6 is 0 Å². The van der Waals surface area contributed by atoms with Gasteiger partial charge in [0.2, 0.25) is 0 Å². The van der Waals surface area contributed by atoms with Gasteiger partial charge >= 0.3 is 0 Å². The number of nitrogens with one attached hydrogen (secondary N) is 1. The van der Waals surface area contributed by atoms with Crippen LogP contribution in [0.1, 0.15) is 31.7 Å². The van der Waals surface area contributed by atoms with E-state index in [0.29, 0.717) is 12.6 Å². The summed E-state index contributed by atoms with van der Waals surface area (Å²) in [6, 6.07) is 8.85. The van der Waals surface area contributed by atoms with E-state index in [1.54, 1.807) is 0 Å². The molecule has 0 aliphatic rings. The molecule has 0 heterocycles. The third-order valence-electron chi connectivity index (χ3n) is 2.58. The molecule has 0 fully saturated rings. The van der Waals surface area contributed by atoms with Crippen LogP contribution in [0.3, 0.4) is 0 Å². The van der Waals surface area contributed by atoms with Crippen LogP contribution in [0.25, 0.3) is 0 Å². The normalized spacial score (nSPS) is 12.5. The van der Waals surface area contributed by atoms with Crippen molar-refractivity contribution in [2.75, 3.05) is 11.9 Å². The van der Waals surface area contributed by atoms with E-state index in [4.69, 9.17) is 5.73 Å². The second-order valence-electron chi connectivity index (χ2n) is 4.09. The number of aryl methyl sites for hydroxylation is 1. The maximum absolute atomic E-state index is 5.74. The lowest BCUT2D eigenvalue weighted by Gasteiger charge is -2.18.